The van der Waals surface area contributed by atoms with Crippen molar-refractivity contribution < 1.29 is 30.0 Å². The lowest BCUT2D eigenvalue weighted by atomic mass is 10.0. The van der Waals surface area contributed by atoms with Crippen LogP contribution < -0.4 is 5.73 Å². The Morgan fingerprint density at radius 2 is 1.88 bits per heavy atom. The summed E-state index contributed by atoms with van der Waals surface area (Å²) in [4.78, 5) is 10.9. The largest absolute Gasteiger partial charge is 0.394 e. The number of thiol groups is 1. The Morgan fingerprint density at radius 1 is 1.38 bits per heavy atom. The van der Waals surface area contributed by atoms with Crippen LogP contribution in [0.2, 0.25) is 0 Å². The number of ether oxygens (including phenoxy) is 1. The second-order valence-electron chi connectivity index (χ2n) is 3.29. The quantitative estimate of drug-likeness (QED) is 0.215. The van der Waals surface area contributed by atoms with E-state index < -0.39 is 42.4 Å². The molecule has 0 spiro atoms. The third kappa shape index (κ3) is 4.64. The van der Waals surface area contributed by atoms with Gasteiger partial charge in [0.05, 0.1) is 12.0 Å². The summed E-state index contributed by atoms with van der Waals surface area (Å²) < 4.78 is 4.88. The first kappa shape index (κ1) is 15.6. The van der Waals surface area contributed by atoms with Crippen LogP contribution in [-0.2, 0) is 9.53 Å². The van der Waals surface area contributed by atoms with E-state index in [9.17, 15) is 15.0 Å². The minimum Gasteiger partial charge on any atom is -0.394 e. The van der Waals surface area contributed by atoms with E-state index in [2.05, 4.69) is 12.6 Å². The van der Waals surface area contributed by atoms with Crippen molar-refractivity contribution in [2.75, 3.05) is 6.61 Å². The van der Waals surface area contributed by atoms with Crippen LogP contribution in [0.3, 0.4) is 0 Å². The van der Waals surface area contributed by atoms with Crippen LogP contribution in [-0.4, -0.2) is 62.8 Å². The molecule has 7 nitrogen and oxygen atoms in total. The van der Waals surface area contributed by atoms with Crippen LogP contribution in [0.25, 0.3) is 0 Å². The number of carbonyl (C=O) groups is 1. The zero-order valence-corrected chi connectivity index (χ0v) is 9.62. The minimum atomic E-state index is -1.74. The standard InChI is InChI=1S/C8H17NO6S/c1-3(16)15-7(8(9)14)6(13)5(12)4(11)2-10/h3-7,10-13,16H,2H2,1H3,(H2,9,14)/t3?,4-,5-,6+,7-/m1/s1. The Morgan fingerprint density at radius 3 is 2.19 bits per heavy atom. The van der Waals surface area contributed by atoms with Gasteiger partial charge in [-0.25, -0.2) is 0 Å². The number of nitrogens with two attached hydrogens (primary N) is 1. The fraction of sp³-hybridized carbons (Fsp3) is 0.875. The van der Waals surface area contributed by atoms with Gasteiger partial charge in [-0.2, -0.15) is 0 Å². The molecule has 0 aliphatic rings. The highest BCUT2D eigenvalue weighted by Gasteiger charge is 2.35. The summed E-state index contributed by atoms with van der Waals surface area (Å²) in [5.41, 5.74) is 4.26. The lowest BCUT2D eigenvalue weighted by molar-refractivity contribution is -0.156. The van der Waals surface area contributed by atoms with Gasteiger partial charge in [-0.3, -0.25) is 4.79 Å². The fourth-order valence-corrected chi connectivity index (χ4v) is 1.17. The Balaban J connectivity index is 4.60. The molecular weight excluding hydrogens is 238 g/mol. The lowest BCUT2D eigenvalue weighted by Gasteiger charge is -2.27. The summed E-state index contributed by atoms with van der Waals surface area (Å²) in [6.07, 6.45) is -6.58. The van der Waals surface area contributed by atoms with Gasteiger partial charge in [0, 0.05) is 0 Å². The third-order valence-corrected chi connectivity index (χ3v) is 1.99. The van der Waals surface area contributed by atoms with Crippen molar-refractivity contribution in [3.8, 4) is 0 Å². The Kier molecular flexibility index (Phi) is 6.88. The molecule has 0 fully saturated rings. The normalized spacial score (nSPS) is 20.9. The molecule has 0 aromatic heterocycles. The van der Waals surface area contributed by atoms with E-state index >= 15 is 0 Å². The number of aliphatic hydroxyl groups excluding tert-OH is 4. The number of amides is 1. The van der Waals surface area contributed by atoms with E-state index in [1.54, 1.807) is 0 Å². The number of carbonyl (C=O) groups excluding carboxylic acids is 1. The van der Waals surface area contributed by atoms with Crippen molar-refractivity contribution in [1.29, 1.82) is 0 Å². The molecule has 0 rings (SSSR count). The monoisotopic (exact) mass is 255 g/mol. The molecule has 6 N–H and O–H groups in total. The molecule has 16 heavy (non-hydrogen) atoms. The maximum atomic E-state index is 10.9. The smallest absolute Gasteiger partial charge is 0.249 e. The van der Waals surface area contributed by atoms with Crippen LogP contribution in [0, 0.1) is 0 Å². The minimum absolute atomic E-state index is 0.689. The first-order chi connectivity index (χ1) is 7.31. The Hall–Kier alpha value is -0.380. The first-order valence-corrected chi connectivity index (χ1v) is 5.10. The van der Waals surface area contributed by atoms with Gasteiger partial charge >= 0.3 is 0 Å². The number of hydrogen-bond donors (Lipinski definition) is 6. The summed E-state index contributed by atoms with van der Waals surface area (Å²) >= 11 is 3.84. The molecule has 0 saturated carbocycles. The molecule has 8 heteroatoms. The second-order valence-corrected chi connectivity index (χ2v) is 4.02. The molecule has 0 aliphatic carbocycles. The van der Waals surface area contributed by atoms with Crippen LogP contribution in [0.15, 0.2) is 0 Å². The third-order valence-electron chi connectivity index (χ3n) is 1.87. The predicted molar refractivity (Wildman–Crippen MR) is 57.6 cm³/mol. The molecule has 0 heterocycles. The molecule has 96 valence electrons. The molecule has 0 aromatic rings. The fourth-order valence-electron chi connectivity index (χ4n) is 1.04. The molecule has 5 atom stereocenters. The number of hydrogen-bond acceptors (Lipinski definition) is 7. The van der Waals surface area contributed by atoms with Gasteiger partial charge in [-0.1, -0.05) is 0 Å². The Labute approximate surface area is 98.2 Å². The van der Waals surface area contributed by atoms with Gasteiger partial charge in [0.25, 0.3) is 0 Å². The van der Waals surface area contributed by atoms with E-state index in [0.717, 1.165) is 0 Å². The van der Waals surface area contributed by atoms with E-state index in [0.29, 0.717) is 0 Å². The van der Waals surface area contributed by atoms with Crippen LogP contribution in [0.1, 0.15) is 6.92 Å². The average molecular weight is 255 g/mol. The summed E-state index contributed by atoms with van der Waals surface area (Å²) in [6, 6.07) is 0. The van der Waals surface area contributed by atoms with Gasteiger partial charge in [0.15, 0.2) is 6.10 Å². The van der Waals surface area contributed by atoms with Crippen LogP contribution in [0.4, 0.5) is 0 Å². The number of primary amides is 1. The van der Waals surface area contributed by atoms with Crippen molar-refractivity contribution in [2.45, 2.75) is 36.8 Å². The van der Waals surface area contributed by atoms with Gasteiger partial charge in [-0.05, 0) is 6.92 Å². The SMILES string of the molecule is CC(S)O[C@@H](C(N)=O)[C@@H](O)[C@H](O)[C@H](O)CO. The molecular formula is C8H17NO6S. The maximum absolute atomic E-state index is 10.9. The summed E-state index contributed by atoms with van der Waals surface area (Å²) in [5.74, 6) is -1.00. The topological polar surface area (TPSA) is 133 Å². The average Bonchev–Trinajstić information content (AvgIpc) is 2.22. The van der Waals surface area contributed by atoms with Crippen molar-refractivity contribution in [3.05, 3.63) is 0 Å². The van der Waals surface area contributed by atoms with E-state index in [-0.39, 0.29) is 0 Å². The zero-order valence-electron chi connectivity index (χ0n) is 8.72. The molecule has 0 bridgehead atoms. The number of rotatable bonds is 7. The molecule has 0 radical (unpaired) electrons. The van der Waals surface area contributed by atoms with Gasteiger partial charge in [0.1, 0.15) is 18.3 Å². The van der Waals surface area contributed by atoms with Crippen molar-refractivity contribution in [1.82, 2.24) is 0 Å². The summed E-state index contributed by atoms with van der Waals surface area (Å²) in [7, 11) is 0. The van der Waals surface area contributed by atoms with Crippen LogP contribution in [0.5, 0.6) is 0 Å². The van der Waals surface area contributed by atoms with E-state index in [1.165, 1.54) is 6.92 Å². The van der Waals surface area contributed by atoms with Crippen molar-refractivity contribution >= 4 is 18.5 Å². The summed E-state index contributed by atoms with van der Waals surface area (Å²) in [5, 5.41) is 36.5. The molecule has 0 aliphatic heterocycles. The molecule has 1 amide bonds. The highest BCUT2D eigenvalue weighted by molar-refractivity contribution is 7.80. The van der Waals surface area contributed by atoms with E-state index in [4.69, 9.17) is 20.7 Å². The molecule has 0 saturated heterocycles. The molecule has 1 unspecified atom stereocenters. The van der Waals surface area contributed by atoms with Crippen molar-refractivity contribution in [3.63, 3.8) is 0 Å². The Bertz CT molecular complexity index is 227. The highest BCUT2D eigenvalue weighted by Crippen LogP contribution is 2.11. The van der Waals surface area contributed by atoms with Gasteiger partial charge in [-0.15, -0.1) is 12.6 Å². The molecule has 0 aromatic carbocycles. The lowest BCUT2D eigenvalue weighted by Crippen LogP contribution is -2.52. The van der Waals surface area contributed by atoms with Gasteiger partial charge < -0.3 is 30.9 Å². The predicted octanol–water partition coefficient (Wildman–Crippen LogP) is -2.79. The number of aliphatic hydroxyl groups is 4. The second kappa shape index (κ2) is 7.05. The van der Waals surface area contributed by atoms with Gasteiger partial charge in [0.2, 0.25) is 5.91 Å². The van der Waals surface area contributed by atoms with Crippen molar-refractivity contribution in [2.24, 2.45) is 5.73 Å². The van der Waals surface area contributed by atoms with E-state index in [1.807, 2.05) is 0 Å². The van der Waals surface area contributed by atoms with Crippen LogP contribution >= 0.6 is 12.6 Å². The zero-order chi connectivity index (χ0) is 12.9. The first-order valence-electron chi connectivity index (χ1n) is 4.59. The summed E-state index contributed by atoms with van der Waals surface area (Å²) in [6.45, 7) is 0.723. The maximum Gasteiger partial charge on any atom is 0.249 e. The highest BCUT2D eigenvalue weighted by atomic mass is 32.1.